The molecule has 0 aliphatic heterocycles. The Kier molecular flexibility index (Phi) is 4.13. The molecular formula is C14H17F2N3O. The second kappa shape index (κ2) is 5.66. The van der Waals surface area contributed by atoms with Gasteiger partial charge in [-0.15, -0.1) is 0 Å². The van der Waals surface area contributed by atoms with E-state index in [0.717, 1.165) is 6.07 Å². The molecule has 4 nitrogen and oxygen atoms in total. The van der Waals surface area contributed by atoms with E-state index in [9.17, 15) is 8.78 Å². The first-order valence-electron chi connectivity index (χ1n) is 6.54. The molecule has 0 bridgehead atoms. The van der Waals surface area contributed by atoms with Gasteiger partial charge in [0.25, 0.3) is 0 Å². The van der Waals surface area contributed by atoms with Crippen LogP contribution in [0.1, 0.15) is 44.0 Å². The minimum absolute atomic E-state index is 0.114. The summed E-state index contributed by atoms with van der Waals surface area (Å²) in [6.45, 7) is 3.89. The summed E-state index contributed by atoms with van der Waals surface area (Å²) in [5, 5.41) is 3.87. The van der Waals surface area contributed by atoms with E-state index >= 15 is 0 Å². The van der Waals surface area contributed by atoms with Gasteiger partial charge in [0, 0.05) is 6.07 Å². The van der Waals surface area contributed by atoms with E-state index in [1.807, 2.05) is 13.8 Å². The third kappa shape index (κ3) is 2.85. The molecule has 0 atom stereocenters. The van der Waals surface area contributed by atoms with Crippen molar-refractivity contribution in [3.8, 4) is 0 Å². The predicted octanol–water partition coefficient (Wildman–Crippen LogP) is 2.91. The van der Waals surface area contributed by atoms with Crippen molar-refractivity contribution in [2.75, 3.05) is 0 Å². The van der Waals surface area contributed by atoms with Gasteiger partial charge in [0.2, 0.25) is 5.89 Å². The molecular weight excluding hydrogens is 264 g/mol. The molecule has 0 aliphatic rings. The lowest BCUT2D eigenvalue weighted by Gasteiger charge is -2.21. The summed E-state index contributed by atoms with van der Waals surface area (Å²) in [5.74, 6) is -0.563. The quantitative estimate of drug-likeness (QED) is 0.915. The minimum Gasteiger partial charge on any atom is -0.339 e. The Balaban J connectivity index is 2.21. The highest BCUT2D eigenvalue weighted by atomic mass is 19.1. The van der Waals surface area contributed by atoms with Crippen molar-refractivity contribution in [3.63, 3.8) is 0 Å². The minimum atomic E-state index is -0.636. The number of aromatic nitrogens is 2. The van der Waals surface area contributed by atoms with Crippen LogP contribution < -0.4 is 5.73 Å². The zero-order valence-corrected chi connectivity index (χ0v) is 11.5. The fourth-order valence-electron chi connectivity index (χ4n) is 1.92. The molecule has 20 heavy (non-hydrogen) atoms. The molecule has 0 saturated carbocycles. The SMILES string of the molecule is CCC(N)(CC)c1noc(Cc2ccc(F)cc2F)n1. The van der Waals surface area contributed by atoms with E-state index in [1.165, 1.54) is 12.1 Å². The summed E-state index contributed by atoms with van der Waals surface area (Å²) in [6, 6.07) is 3.39. The third-order valence-electron chi connectivity index (χ3n) is 3.53. The molecule has 6 heteroatoms. The Labute approximate surface area is 116 Å². The van der Waals surface area contributed by atoms with Crippen LogP contribution in [0.2, 0.25) is 0 Å². The number of hydrogen-bond acceptors (Lipinski definition) is 4. The number of benzene rings is 1. The van der Waals surface area contributed by atoms with Gasteiger partial charge < -0.3 is 10.3 Å². The van der Waals surface area contributed by atoms with Gasteiger partial charge in [0.1, 0.15) is 11.6 Å². The lowest BCUT2D eigenvalue weighted by molar-refractivity contribution is 0.337. The van der Waals surface area contributed by atoms with Crippen molar-refractivity contribution in [2.24, 2.45) is 5.73 Å². The van der Waals surface area contributed by atoms with E-state index in [1.54, 1.807) is 0 Å². The van der Waals surface area contributed by atoms with Gasteiger partial charge in [-0.05, 0) is 24.5 Å². The first-order valence-corrected chi connectivity index (χ1v) is 6.54. The molecule has 1 aromatic carbocycles. The van der Waals surface area contributed by atoms with Crippen molar-refractivity contribution in [3.05, 3.63) is 47.1 Å². The molecule has 0 fully saturated rings. The van der Waals surface area contributed by atoms with Gasteiger partial charge in [-0.1, -0.05) is 25.1 Å². The zero-order valence-electron chi connectivity index (χ0n) is 11.5. The monoisotopic (exact) mass is 281 g/mol. The van der Waals surface area contributed by atoms with E-state index in [0.29, 0.717) is 24.2 Å². The maximum Gasteiger partial charge on any atom is 0.231 e. The van der Waals surface area contributed by atoms with E-state index in [-0.39, 0.29) is 12.3 Å². The molecule has 0 saturated heterocycles. The van der Waals surface area contributed by atoms with Gasteiger partial charge in [-0.25, -0.2) is 8.78 Å². The van der Waals surface area contributed by atoms with Gasteiger partial charge >= 0.3 is 0 Å². The lowest BCUT2D eigenvalue weighted by Crippen LogP contribution is -2.36. The largest absolute Gasteiger partial charge is 0.339 e. The maximum atomic E-state index is 13.6. The number of nitrogens with two attached hydrogens (primary N) is 1. The molecule has 2 N–H and O–H groups in total. The number of halogens is 2. The van der Waals surface area contributed by atoms with Crippen LogP contribution in [0, 0.1) is 11.6 Å². The predicted molar refractivity (Wildman–Crippen MR) is 69.9 cm³/mol. The van der Waals surface area contributed by atoms with Crippen molar-refractivity contribution >= 4 is 0 Å². The zero-order chi connectivity index (χ0) is 14.8. The topological polar surface area (TPSA) is 64.9 Å². The normalized spacial score (nSPS) is 11.8. The molecule has 1 heterocycles. The van der Waals surface area contributed by atoms with Crippen LogP contribution in [0.4, 0.5) is 8.78 Å². The van der Waals surface area contributed by atoms with E-state index in [2.05, 4.69) is 10.1 Å². The summed E-state index contributed by atoms with van der Waals surface area (Å²) in [7, 11) is 0. The summed E-state index contributed by atoms with van der Waals surface area (Å²) >= 11 is 0. The summed E-state index contributed by atoms with van der Waals surface area (Å²) < 4.78 is 31.5. The molecule has 0 aliphatic carbocycles. The van der Waals surface area contributed by atoms with Crippen molar-refractivity contribution in [1.29, 1.82) is 0 Å². The van der Waals surface area contributed by atoms with Crippen LogP contribution in [0.25, 0.3) is 0 Å². The van der Waals surface area contributed by atoms with Crippen molar-refractivity contribution in [1.82, 2.24) is 10.1 Å². The molecule has 2 aromatic rings. The maximum absolute atomic E-state index is 13.6. The Morgan fingerprint density at radius 2 is 1.95 bits per heavy atom. The van der Waals surface area contributed by atoms with Crippen LogP contribution in [-0.2, 0) is 12.0 Å². The van der Waals surface area contributed by atoms with Crippen LogP contribution in [0.5, 0.6) is 0 Å². The highest BCUT2D eigenvalue weighted by molar-refractivity contribution is 5.21. The Morgan fingerprint density at radius 1 is 1.25 bits per heavy atom. The third-order valence-corrected chi connectivity index (χ3v) is 3.53. The smallest absolute Gasteiger partial charge is 0.231 e. The molecule has 2 rings (SSSR count). The number of hydrogen-bond donors (Lipinski definition) is 1. The summed E-state index contributed by atoms with van der Waals surface area (Å²) in [5.41, 5.74) is 5.83. The number of rotatable bonds is 5. The fourth-order valence-corrected chi connectivity index (χ4v) is 1.92. The van der Waals surface area contributed by atoms with Gasteiger partial charge in [0.15, 0.2) is 5.82 Å². The average molecular weight is 281 g/mol. The highest BCUT2D eigenvalue weighted by Gasteiger charge is 2.29. The Morgan fingerprint density at radius 3 is 2.55 bits per heavy atom. The van der Waals surface area contributed by atoms with Crippen LogP contribution in [-0.4, -0.2) is 10.1 Å². The number of nitrogens with zero attached hydrogens (tertiary/aromatic N) is 2. The van der Waals surface area contributed by atoms with Crippen molar-refractivity contribution < 1.29 is 13.3 Å². The van der Waals surface area contributed by atoms with Crippen LogP contribution >= 0.6 is 0 Å². The second-order valence-corrected chi connectivity index (χ2v) is 4.79. The Hall–Kier alpha value is -1.82. The van der Waals surface area contributed by atoms with E-state index < -0.39 is 17.2 Å². The summed E-state index contributed by atoms with van der Waals surface area (Å²) in [4.78, 5) is 4.22. The highest BCUT2D eigenvalue weighted by Crippen LogP contribution is 2.23. The van der Waals surface area contributed by atoms with Gasteiger partial charge in [-0.2, -0.15) is 4.98 Å². The Bertz CT molecular complexity index is 594. The van der Waals surface area contributed by atoms with Crippen LogP contribution in [0.3, 0.4) is 0 Å². The molecule has 0 amide bonds. The molecule has 1 aromatic heterocycles. The van der Waals surface area contributed by atoms with Crippen LogP contribution in [0.15, 0.2) is 22.7 Å². The molecule has 0 unspecified atom stereocenters. The van der Waals surface area contributed by atoms with Gasteiger partial charge in [0.05, 0.1) is 12.0 Å². The molecule has 108 valence electrons. The fraction of sp³-hybridized carbons (Fsp3) is 0.429. The first kappa shape index (κ1) is 14.6. The molecule has 0 radical (unpaired) electrons. The van der Waals surface area contributed by atoms with E-state index in [4.69, 9.17) is 10.3 Å². The summed E-state index contributed by atoms with van der Waals surface area (Å²) in [6.07, 6.45) is 1.46. The average Bonchev–Trinajstić information content (AvgIpc) is 2.90. The first-order chi connectivity index (χ1) is 9.48. The second-order valence-electron chi connectivity index (χ2n) is 4.79. The van der Waals surface area contributed by atoms with Gasteiger partial charge in [-0.3, -0.25) is 0 Å². The standard InChI is InChI=1S/C14H17F2N3O/c1-3-14(17,4-2)13-18-12(20-19-13)7-9-5-6-10(15)8-11(9)16/h5-6,8H,3-4,7,17H2,1-2H3. The molecule has 0 spiro atoms. The van der Waals surface area contributed by atoms with Crippen molar-refractivity contribution in [2.45, 2.75) is 38.6 Å². The lowest BCUT2D eigenvalue weighted by atomic mass is 9.93.